The molecule has 1 N–H and O–H groups in total. The third-order valence-corrected chi connectivity index (χ3v) is 4.08. The summed E-state index contributed by atoms with van der Waals surface area (Å²) >= 11 is 11.6. The fourth-order valence-corrected chi connectivity index (χ4v) is 2.75. The molecule has 1 fully saturated rings. The fourth-order valence-electron chi connectivity index (χ4n) is 2.43. The zero-order chi connectivity index (χ0) is 15.4. The van der Waals surface area contributed by atoms with Crippen LogP contribution in [-0.4, -0.2) is 45.2 Å². The molecule has 1 saturated heterocycles. The van der Waals surface area contributed by atoms with E-state index in [0.29, 0.717) is 25.4 Å². The van der Waals surface area contributed by atoms with Crippen molar-refractivity contribution in [2.75, 3.05) is 13.1 Å². The molecule has 1 aliphatic rings. The summed E-state index contributed by atoms with van der Waals surface area (Å²) in [5.41, 5.74) is 0.251. The zero-order valence-corrected chi connectivity index (χ0v) is 12.8. The molecule has 0 unspecified atom stereocenters. The lowest BCUT2D eigenvalue weighted by atomic mass is 9.92. The second-order valence-corrected chi connectivity index (χ2v) is 5.78. The van der Waals surface area contributed by atoms with Gasteiger partial charge >= 0.3 is 5.97 Å². The molecule has 0 atom stereocenters. The highest BCUT2D eigenvalue weighted by molar-refractivity contribution is 6.34. The maximum atomic E-state index is 12.4. The van der Waals surface area contributed by atoms with E-state index in [1.165, 1.54) is 6.07 Å². The van der Waals surface area contributed by atoms with Gasteiger partial charge in [0, 0.05) is 19.5 Å². The van der Waals surface area contributed by atoms with Crippen LogP contribution in [-0.2, 0) is 4.79 Å². The summed E-state index contributed by atoms with van der Waals surface area (Å²) in [5.74, 6) is -0.647. The molecular weight excluding hydrogens is 317 g/mol. The summed E-state index contributed by atoms with van der Waals surface area (Å²) in [6.45, 7) is 1.17. The number of carbonyl (C=O) groups excluding carboxylic acids is 1. The highest BCUT2D eigenvalue weighted by atomic mass is 35.5. The first kappa shape index (κ1) is 16.0. The van der Waals surface area contributed by atoms with Crippen LogP contribution in [0.25, 0.3) is 0 Å². The van der Waals surface area contributed by atoms with Gasteiger partial charge in [0.25, 0.3) is 5.91 Å². The number of halogens is 2. The van der Waals surface area contributed by atoms with Gasteiger partial charge in [-0.1, -0.05) is 23.2 Å². The van der Waals surface area contributed by atoms with Crippen LogP contribution in [0.5, 0.6) is 0 Å². The smallest absolute Gasteiger partial charge is 0.303 e. The third kappa shape index (κ3) is 4.28. The van der Waals surface area contributed by atoms with E-state index >= 15 is 0 Å². The molecule has 1 aromatic heterocycles. The monoisotopic (exact) mass is 331 g/mol. The van der Waals surface area contributed by atoms with Crippen LogP contribution in [0, 0.1) is 5.92 Å². The minimum Gasteiger partial charge on any atom is -0.481 e. The number of aliphatic carboxylic acids is 1. The largest absolute Gasteiger partial charge is 0.481 e. The van der Waals surface area contributed by atoms with Gasteiger partial charge in [-0.15, -0.1) is 10.2 Å². The van der Waals surface area contributed by atoms with E-state index < -0.39 is 5.97 Å². The first-order chi connectivity index (χ1) is 9.97. The molecule has 2 rings (SSSR count). The summed E-state index contributed by atoms with van der Waals surface area (Å²) in [4.78, 5) is 24.6. The van der Waals surface area contributed by atoms with Gasteiger partial charge in [-0.25, -0.2) is 0 Å². The second-order valence-electron chi connectivity index (χ2n) is 5.04. The number of likely N-dealkylation sites (tertiary alicyclic amines) is 1. The molecule has 1 aromatic rings. The quantitative estimate of drug-likeness (QED) is 0.916. The first-order valence-corrected chi connectivity index (χ1v) is 7.42. The van der Waals surface area contributed by atoms with Gasteiger partial charge in [0.05, 0.1) is 5.56 Å². The van der Waals surface area contributed by atoms with E-state index in [0.717, 1.165) is 12.8 Å². The van der Waals surface area contributed by atoms with Crippen LogP contribution in [0.3, 0.4) is 0 Å². The van der Waals surface area contributed by atoms with Gasteiger partial charge in [-0.05, 0) is 31.2 Å². The Hall–Kier alpha value is -1.40. The first-order valence-electron chi connectivity index (χ1n) is 6.67. The van der Waals surface area contributed by atoms with Crippen molar-refractivity contribution < 1.29 is 14.7 Å². The average molecular weight is 332 g/mol. The number of carboxylic acid groups (broad SMARTS) is 1. The minimum absolute atomic E-state index is 0.0393. The van der Waals surface area contributed by atoms with Crippen LogP contribution in [0.15, 0.2) is 6.07 Å². The van der Waals surface area contributed by atoms with E-state index in [4.69, 9.17) is 28.3 Å². The Bertz CT molecular complexity index is 545. The standard InChI is InChI=1S/C13H15Cl2N3O3/c14-10-7-9(12(15)17-16-10)13(21)18-5-3-8(4-6-18)1-2-11(19)20/h7-8H,1-6H2,(H,19,20). The molecule has 6 nitrogen and oxygen atoms in total. The van der Waals surface area contributed by atoms with E-state index in [1.54, 1.807) is 4.90 Å². The van der Waals surface area contributed by atoms with Crippen molar-refractivity contribution in [3.63, 3.8) is 0 Å². The lowest BCUT2D eigenvalue weighted by molar-refractivity contribution is -0.137. The average Bonchev–Trinajstić information content (AvgIpc) is 2.47. The summed E-state index contributed by atoms with van der Waals surface area (Å²) in [6, 6.07) is 1.41. The van der Waals surface area contributed by atoms with Crippen molar-refractivity contribution >= 4 is 35.1 Å². The van der Waals surface area contributed by atoms with Crippen molar-refractivity contribution in [3.05, 3.63) is 21.9 Å². The van der Waals surface area contributed by atoms with Crippen LogP contribution in [0.1, 0.15) is 36.0 Å². The van der Waals surface area contributed by atoms with Crippen molar-refractivity contribution in [1.82, 2.24) is 15.1 Å². The third-order valence-electron chi connectivity index (χ3n) is 3.62. The topological polar surface area (TPSA) is 83.4 Å². The molecule has 21 heavy (non-hydrogen) atoms. The van der Waals surface area contributed by atoms with Crippen molar-refractivity contribution in [1.29, 1.82) is 0 Å². The molecular formula is C13H15Cl2N3O3. The Kier molecular flexibility index (Phi) is 5.36. The Morgan fingerprint density at radius 1 is 1.29 bits per heavy atom. The molecule has 0 saturated carbocycles. The molecule has 8 heteroatoms. The van der Waals surface area contributed by atoms with Crippen LogP contribution in [0.2, 0.25) is 10.3 Å². The Labute approximate surface area is 132 Å². The predicted molar refractivity (Wildman–Crippen MR) is 77.5 cm³/mol. The van der Waals surface area contributed by atoms with Gasteiger partial charge < -0.3 is 10.0 Å². The Morgan fingerprint density at radius 3 is 2.57 bits per heavy atom. The predicted octanol–water partition coefficient (Wildman–Crippen LogP) is 2.50. The van der Waals surface area contributed by atoms with Crippen molar-refractivity contribution in [3.8, 4) is 0 Å². The molecule has 0 aromatic carbocycles. The Balaban J connectivity index is 1.94. The number of piperidine rings is 1. The lowest BCUT2D eigenvalue weighted by Gasteiger charge is -2.32. The van der Waals surface area contributed by atoms with Gasteiger partial charge in [0.15, 0.2) is 10.3 Å². The fraction of sp³-hybridized carbons (Fsp3) is 0.538. The van der Waals surface area contributed by atoms with Crippen LogP contribution >= 0.6 is 23.2 Å². The maximum Gasteiger partial charge on any atom is 0.303 e. The molecule has 1 amide bonds. The van der Waals surface area contributed by atoms with Gasteiger partial charge in [0.2, 0.25) is 0 Å². The van der Waals surface area contributed by atoms with Gasteiger partial charge in [0.1, 0.15) is 0 Å². The molecule has 1 aliphatic heterocycles. The lowest BCUT2D eigenvalue weighted by Crippen LogP contribution is -2.38. The number of nitrogens with zero attached hydrogens (tertiary/aromatic N) is 3. The second kappa shape index (κ2) is 7.04. The summed E-state index contributed by atoms with van der Waals surface area (Å²) < 4.78 is 0. The van der Waals surface area contributed by atoms with E-state index in [2.05, 4.69) is 10.2 Å². The Morgan fingerprint density at radius 2 is 1.95 bits per heavy atom. The highest BCUT2D eigenvalue weighted by Crippen LogP contribution is 2.24. The van der Waals surface area contributed by atoms with E-state index in [1.807, 2.05) is 0 Å². The number of aromatic nitrogens is 2. The highest BCUT2D eigenvalue weighted by Gasteiger charge is 2.25. The minimum atomic E-state index is -0.780. The van der Waals surface area contributed by atoms with Gasteiger partial charge in [-0.2, -0.15) is 0 Å². The molecule has 114 valence electrons. The SMILES string of the molecule is O=C(O)CCC1CCN(C(=O)c2cc(Cl)nnc2Cl)CC1. The summed E-state index contributed by atoms with van der Waals surface area (Å²) in [7, 11) is 0. The molecule has 0 aliphatic carbocycles. The van der Waals surface area contributed by atoms with Crippen molar-refractivity contribution in [2.24, 2.45) is 5.92 Å². The molecule has 2 heterocycles. The number of hydrogen-bond donors (Lipinski definition) is 1. The number of carboxylic acids is 1. The van der Waals surface area contributed by atoms with Gasteiger partial charge in [-0.3, -0.25) is 9.59 Å². The number of hydrogen-bond acceptors (Lipinski definition) is 4. The van der Waals surface area contributed by atoms with E-state index in [9.17, 15) is 9.59 Å². The van der Waals surface area contributed by atoms with Crippen LogP contribution in [0.4, 0.5) is 0 Å². The maximum absolute atomic E-state index is 12.4. The molecule has 0 radical (unpaired) electrons. The molecule has 0 bridgehead atoms. The zero-order valence-electron chi connectivity index (χ0n) is 11.3. The summed E-state index contributed by atoms with van der Waals surface area (Å²) in [5, 5.41) is 16.1. The van der Waals surface area contributed by atoms with Crippen molar-refractivity contribution in [2.45, 2.75) is 25.7 Å². The number of amides is 1. The molecule has 0 spiro atoms. The van der Waals surface area contributed by atoms with E-state index in [-0.39, 0.29) is 28.2 Å². The number of rotatable bonds is 4. The number of carbonyl (C=O) groups is 2. The summed E-state index contributed by atoms with van der Waals surface area (Å²) in [6.07, 6.45) is 2.42. The normalized spacial score (nSPS) is 16.0. The van der Waals surface area contributed by atoms with Crippen LogP contribution < -0.4 is 0 Å².